The van der Waals surface area contributed by atoms with E-state index in [1.807, 2.05) is 18.2 Å². The van der Waals surface area contributed by atoms with Gasteiger partial charge in [0, 0.05) is 12.0 Å². The van der Waals surface area contributed by atoms with Crippen molar-refractivity contribution in [3.8, 4) is 0 Å². The van der Waals surface area contributed by atoms with Crippen LogP contribution in [0.4, 0.5) is 0 Å². The average Bonchev–Trinajstić information content (AvgIpc) is 2.48. The number of hydrogen-bond acceptors (Lipinski definition) is 3. The largest absolute Gasteiger partial charge is 0.294 e. The predicted octanol–water partition coefficient (Wildman–Crippen LogP) is 3.64. The third kappa shape index (κ3) is 4.67. The molecular formula is C17H24O3S. The molecule has 1 saturated carbocycles. The zero-order valence-electron chi connectivity index (χ0n) is 12.6. The molecule has 0 radical (unpaired) electrons. The van der Waals surface area contributed by atoms with Gasteiger partial charge in [0.15, 0.2) is 15.6 Å². The lowest BCUT2D eigenvalue weighted by Crippen LogP contribution is -2.29. The van der Waals surface area contributed by atoms with E-state index in [0.29, 0.717) is 24.3 Å². The molecule has 2 atom stereocenters. The van der Waals surface area contributed by atoms with Crippen molar-refractivity contribution in [2.75, 3.05) is 5.75 Å². The Morgan fingerprint density at radius 3 is 2.57 bits per heavy atom. The van der Waals surface area contributed by atoms with E-state index in [1.54, 1.807) is 12.1 Å². The maximum absolute atomic E-state index is 12.3. The zero-order valence-corrected chi connectivity index (χ0v) is 13.4. The lowest BCUT2D eigenvalue weighted by atomic mass is 9.91. The Morgan fingerprint density at radius 2 is 1.90 bits per heavy atom. The fourth-order valence-corrected chi connectivity index (χ4v) is 5.10. The van der Waals surface area contributed by atoms with Gasteiger partial charge in [0.25, 0.3) is 0 Å². The fourth-order valence-electron chi connectivity index (χ4n) is 3.07. The molecule has 3 nitrogen and oxygen atoms in total. The van der Waals surface area contributed by atoms with Crippen LogP contribution in [0.2, 0.25) is 0 Å². The van der Waals surface area contributed by atoms with Gasteiger partial charge in [-0.15, -0.1) is 0 Å². The van der Waals surface area contributed by atoms with E-state index in [4.69, 9.17) is 0 Å². The van der Waals surface area contributed by atoms with Crippen LogP contribution in [0.25, 0.3) is 0 Å². The Kier molecular flexibility index (Phi) is 5.57. The molecule has 0 bridgehead atoms. The number of carbonyl (C=O) groups excluding carboxylic acids is 1. The summed E-state index contributed by atoms with van der Waals surface area (Å²) in [7, 11) is -3.05. The molecule has 0 aromatic heterocycles. The van der Waals surface area contributed by atoms with Crippen LogP contribution >= 0.6 is 0 Å². The SMILES string of the molecule is CC1CCCC(S(=O)(=O)CCCC(=O)c2ccccc2)C1. The summed E-state index contributed by atoms with van der Waals surface area (Å²) in [6.07, 6.45) is 4.47. The Hall–Kier alpha value is -1.16. The summed E-state index contributed by atoms with van der Waals surface area (Å²) in [4.78, 5) is 12.0. The molecule has 2 unspecified atom stereocenters. The van der Waals surface area contributed by atoms with Crippen LogP contribution in [0, 0.1) is 5.92 Å². The summed E-state index contributed by atoms with van der Waals surface area (Å²) in [5, 5.41) is -0.187. The van der Waals surface area contributed by atoms with E-state index in [9.17, 15) is 13.2 Å². The minimum absolute atomic E-state index is 0.0304. The highest BCUT2D eigenvalue weighted by molar-refractivity contribution is 7.92. The van der Waals surface area contributed by atoms with Gasteiger partial charge < -0.3 is 0 Å². The molecule has 4 heteroatoms. The van der Waals surface area contributed by atoms with Crippen molar-refractivity contribution in [1.82, 2.24) is 0 Å². The van der Waals surface area contributed by atoms with Gasteiger partial charge in [0.2, 0.25) is 0 Å². The van der Waals surface area contributed by atoms with Crippen molar-refractivity contribution >= 4 is 15.6 Å². The second-order valence-corrected chi connectivity index (χ2v) is 8.55. The molecule has 0 amide bonds. The second-order valence-electron chi connectivity index (χ2n) is 6.15. The molecule has 0 N–H and O–H groups in total. The zero-order chi connectivity index (χ0) is 15.3. The van der Waals surface area contributed by atoms with Gasteiger partial charge in [0.1, 0.15) is 0 Å². The molecule has 21 heavy (non-hydrogen) atoms. The Bertz CT molecular complexity index is 563. The minimum atomic E-state index is -3.05. The molecule has 1 aliphatic rings. The van der Waals surface area contributed by atoms with Crippen LogP contribution in [-0.4, -0.2) is 25.2 Å². The van der Waals surface area contributed by atoms with Crippen molar-refractivity contribution in [1.29, 1.82) is 0 Å². The van der Waals surface area contributed by atoms with Gasteiger partial charge in [-0.1, -0.05) is 50.1 Å². The summed E-state index contributed by atoms with van der Waals surface area (Å²) in [6.45, 7) is 2.13. The maximum Gasteiger partial charge on any atom is 0.162 e. The van der Waals surface area contributed by atoms with Crippen molar-refractivity contribution < 1.29 is 13.2 Å². The van der Waals surface area contributed by atoms with Crippen LogP contribution in [-0.2, 0) is 9.84 Å². The summed E-state index contributed by atoms with van der Waals surface area (Å²) in [6, 6.07) is 9.07. The fraction of sp³-hybridized carbons (Fsp3) is 0.588. The quantitative estimate of drug-likeness (QED) is 0.754. The smallest absolute Gasteiger partial charge is 0.162 e. The van der Waals surface area contributed by atoms with E-state index in [1.165, 1.54) is 0 Å². The van der Waals surface area contributed by atoms with Gasteiger partial charge in [-0.2, -0.15) is 0 Å². The van der Waals surface area contributed by atoms with Crippen LogP contribution in [0.1, 0.15) is 55.8 Å². The Morgan fingerprint density at radius 1 is 1.19 bits per heavy atom. The van der Waals surface area contributed by atoms with Crippen LogP contribution in [0.5, 0.6) is 0 Å². The van der Waals surface area contributed by atoms with Gasteiger partial charge in [-0.25, -0.2) is 8.42 Å². The van der Waals surface area contributed by atoms with Crippen molar-refractivity contribution in [3.05, 3.63) is 35.9 Å². The number of Topliss-reactive ketones (excluding diaryl/α,β-unsaturated/α-hetero) is 1. The first-order chi connectivity index (χ1) is 9.99. The molecule has 1 fully saturated rings. The van der Waals surface area contributed by atoms with Crippen molar-refractivity contribution in [2.24, 2.45) is 5.92 Å². The lowest BCUT2D eigenvalue weighted by Gasteiger charge is -2.26. The first kappa shape index (κ1) is 16.2. The van der Waals surface area contributed by atoms with Gasteiger partial charge in [-0.05, 0) is 25.2 Å². The number of hydrogen-bond donors (Lipinski definition) is 0. The van der Waals surface area contributed by atoms with E-state index in [2.05, 4.69) is 6.92 Å². The highest BCUT2D eigenvalue weighted by Crippen LogP contribution is 2.29. The number of rotatable bonds is 6. The lowest BCUT2D eigenvalue weighted by molar-refractivity contribution is 0.0982. The normalized spacial score (nSPS) is 22.9. The average molecular weight is 308 g/mol. The third-order valence-corrected chi connectivity index (χ3v) is 6.63. The molecule has 1 aromatic carbocycles. The van der Waals surface area contributed by atoms with E-state index < -0.39 is 9.84 Å². The standard InChI is InChI=1S/C17H24O3S/c1-14-7-5-10-16(13-14)21(19,20)12-6-11-17(18)15-8-3-2-4-9-15/h2-4,8-9,14,16H,5-7,10-13H2,1H3. The molecule has 0 aliphatic heterocycles. The first-order valence-corrected chi connectivity index (χ1v) is 9.50. The van der Waals surface area contributed by atoms with E-state index in [-0.39, 0.29) is 16.8 Å². The summed E-state index contributed by atoms with van der Waals surface area (Å²) in [5.74, 6) is 0.676. The molecular weight excluding hydrogens is 284 g/mol. The third-order valence-electron chi connectivity index (χ3n) is 4.32. The van der Waals surface area contributed by atoms with Crippen LogP contribution < -0.4 is 0 Å². The number of sulfone groups is 1. The van der Waals surface area contributed by atoms with E-state index >= 15 is 0 Å². The van der Waals surface area contributed by atoms with Crippen molar-refractivity contribution in [2.45, 2.75) is 50.7 Å². The molecule has 0 spiro atoms. The van der Waals surface area contributed by atoms with Gasteiger partial charge in [0.05, 0.1) is 11.0 Å². The van der Waals surface area contributed by atoms with Crippen LogP contribution in [0.15, 0.2) is 30.3 Å². The van der Waals surface area contributed by atoms with Gasteiger partial charge >= 0.3 is 0 Å². The number of carbonyl (C=O) groups is 1. The maximum atomic E-state index is 12.3. The molecule has 1 aliphatic carbocycles. The predicted molar refractivity (Wildman–Crippen MR) is 85.2 cm³/mol. The number of benzene rings is 1. The highest BCUT2D eigenvalue weighted by atomic mass is 32.2. The monoisotopic (exact) mass is 308 g/mol. The van der Waals surface area contributed by atoms with Crippen LogP contribution in [0.3, 0.4) is 0 Å². The molecule has 0 heterocycles. The minimum Gasteiger partial charge on any atom is -0.294 e. The van der Waals surface area contributed by atoms with E-state index in [0.717, 1.165) is 25.7 Å². The van der Waals surface area contributed by atoms with Gasteiger partial charge in [-0.3, -0.25) is 4.79 Å². The highest BCUT2D eigenvalue weighted by Gasteiger charge is 2.29. The Labute approximate surface area is 127 Å². The molecule has 116 valence electrons. The topological polar surface area (TPSA) is 51.2 Å². The summed E-state index contributed by atoms with van der Waals surface area (Å²) < 4.78 is 24.7. The molecule has 0 saturated heterocycles. The summed E-state index contributed by atoms with van der Waals surface area (Å²) in [5.41, 5.74) is 0.668. The Balaban J connectivity index is 1.83. The molecule has 2 rings (SSSR count). The molecule has 1 aromatic rings. The number of ketones is 1. The summed E-state index contributed by atoms with van der Waals surface area (Å²) >= 11 is 0. The second kappa shape index (κ2) is 7.21. The first-order valence-electron chi connectivity index (χ1n) is 7.79. The van der Waals surface area contributed by atoms with Crippen molar-refractivity contribution in [3.63, 3.8) is 0 Å².